The van der Waals surface area contributed by atoms with Gasteiger partial charge in [-0.05, 0) is 24.5 Å². The van der Waals surface area contributed by atoms with Crippen LogP contribution in [0.1, 0.15) is 18.4 Å². The molecule has 1 aromatic rings. The molecule has 4 heteroatoms. The van der Waals surface area contributed by atoms with Gasteiger partial charge in [-0.2, -0.15) is 0 Å². The first-order valence-corrected chi connectivity index (χ1v) is 5.97. The van der Waals surface area contributed by atoms with Crippen molar-refractivity contribution in [1.82, 2.24) is 5.32 Å². The zero-order valence-electron chi connectivity index (χ0n) is 10.0. The van der Waals surface area contributed by atoms with Crippen molar-refractivity contribution in [2.24, 2.45) is 0 Å². The predicted octanol–water partition coefficient (Wildman–Crippen LogP) is 1.57. The van der Waals surface area contributed by atoms with Gasteiger partial charge in [-0.25, -0.2) is 4.79 Å². The van der Waals surface area contributed by atoms with Crippen LogP contribution >= 0.6 is 0 Å². The highest BCUT2D eigenvalue weighted by Gasteiger charge is 2.18. The summed E-state index contributed by atoms with van der Waals surface area (Å²) in [6.07, 6.45) is 3.60. The smallest absolute Gasteiger partial charge is 0.354 e. The molecular weight excluding hydrogens is 230 g/mol. The number of cyclic esters (lactones) is 1. The molecule has 0 aromatic heterocycles. The van der Waals surface area contributed by atoms with Crippen molar-refractivity contribution < 1.29 is 14.3 Å². The van der Waals surface area contributed by atoms with E-state index in [2.05, 4.69) is 5.32 Å². The lowest BCUT2D eigenvalue weighted by molar-refractivity contribution is -0.137. The van der Waals surface area contributed by atoms with Crippen LogP contribution in [0, 0.1) is 0 Å². The molecule has 1 amide bonds. The maximum absolute atomic E-state index is 11.6. The zero-order valence-corrected chi connectivity index (χ0v) is 10.0. The average Bonchev–Trinajstić information content (AvgIpc) is 2.76. The minimum absolute atomic E-state index is 0.143. The van der Waals surface area contributed by atoms with E-state index in [0.717, 1.165) is 12.8 Å². The van der Waals surface area contributed by atoms with Gasteiger partial charge in [-0.15, -0.1) is 0 Å². The summed E-state index contributed by atoms with van der Waals surface area (Å²) in [5.74, 6) is -0.595. The third-order valence-corrected chi connectivity index (χ3v) is 2.71. The second-order valence-corrected chi connectivity index (χ2v) is 4.10. The second kappa shape index (κ2) is 6.00. The normalized spacial score (nSPS) is 14.0. The van der Waals surface area contributed by atoms with Gasteiger partial charge in [-0.1, -0.05) is 30.3 Å². The molecule has 0 atom stereocenters. The van der Waals surface area contributed by atoms with Gasteiger partial charge in [0.2, 0.25) is 5.91 Å². The molecule has 2 rings (SSSR count). The highest BCUT2D eigenvalue weighted by Crippen LogP contribution is 2.06. The van der Waals surface area contributed by atoms with Gasteiger partial charge in [-0.3, -0.25) is 4.79 Å². The highest BCUT2D eigenvalue weighted by atomic mass is 16.5. The van der Waals surface area contributed by atoms with Crippen molar-refractivity contribution in [3.63, 3.8) is 0 Å². The summed E-state index contributed by atoms with van der Waals surface area (Å²) in [6.45, 7) is 0.248. The van der Waals surface area contributed by atoms with Crippen LogP contribution in [0.25, 0.3) is 0 Å². The zero-order chi connectivity index (χ0) is 12.8. The molecule has 94 valence electrons. The van der Waals surface area contributed by atoms with Crippen LogP contribution in [0.4, 0.5) is 0 Å². The van der Waals surface area contributed by atoms with Gasteiger partial charge in [0.1, 0.15) is 12.3 Å². The molecule has 0 radical (unpaired) electrons. The number of carbonyl (C=O) groups excluding carboxylic acids is 2. The lowest BCUT2D eigenvalue weighted by Gasteiger charge is -2.04. The molecule has 0 spiro atoms. The number of esters is 1. The molecule has 1 aromatic carbocycles. The highest BCUT2D eigenvalue weighted by molar-refractivity contribution is 5.95. The van der Waals surface area contributed by atoms with E-state index in [1.54, 1.807) is 6.08 Å². The van der Waals surface area contributed by atoms with Crippen LogP contribution < -0.4 is 5.32 Å². The fourth-order valence-corrected chi connectivity index (χ4v) is 1.77. The SMILES string of the molecule is O=C(CCCc1ccccc1)NC1=CCOC1=O. The Morgan fingerprint density at radius 1 is 1.28 bits per heavy atom. The lowest BCUT2D eigenvalue weighted by Crippen LogP contribution is -2.25. The quantitative estimate of drug-likeness (QED) is 0.801. The predicted molar refractivity (Wildman–Crippen MR) is 66.6 cm³/mol. The molecular formula is C14H15NO3. The summed E-state index contributed by atoms with van der Waals surface area (Å²) in [5, 5.41) is 2.56. The van der Waals surface area contributed by atoms with Crippen molar-refractivity contribution in [2.75, 3.05) is 6.61 Å². The number of carbonyl (C=O) groups is 2. The van der Waals surface area contributed by atoms with Crippen LogP contribution in [-0.4, -0.2) is 18.5 Å². The number of hydrogen-bond acceptors (Lipinski definition) is 3. The van der Waals surface area contributed by atoms with Crippen molar-refractivity contribution in [3.8, 4) is 0 Å². The monoisotopic (exact) mass is 245 g/mol. The molecule has 1 aliphatic rings. The van der Waals surface area contributed by atoms with Crippen LogP contribution in [0.2, 0.25) is 0 Å². The van der Waals surface area contributed by atoms with Crippen molar-refractivity contribution in [2.45, 2.75) is 19.3 Å². The Bertz CT molecular complexity index is 465. The summed E-state index contributed by atoms with van der Waals surface area (Å²) in [6, 6.07) is 10.0. The Morgan fingerprint density at radius 3 is 2.72 bits per heavy atom. The maximum atomic E-state index is 11.6. The molecule has 0 fully saturated rings. The molecule has 0 unspecified atom stereocenters. The summed E-state index contributed by atoms with van der Waals surface area (Å²) in [5.41, 5.74) is 1.48. The summed E-state index contributed by atoms with van der Waals surface area (Å²) >= 11 is 0. The third-order valence-electron chi connectivity index (χ3n) is 2.71. The van der Waals surface area contributed by atoms with Crippen LogP contribution in [0.5, 0.6) is 0 Å². The third kappa shape index (κ3) is 3.45. The average molecular weight is 245 g/mol. The van der Waals surface area contributed by atoms with Gasteiger partial charge >= 0.3 is 5.97 Å². The molecule has 18 heavy (non-hydrogen) atoms. The van der Waals surface area contributed by atoms with E-state index in [4.69, 9.17) is 4.74 Å². The van der Waals surface area contributed by atoms with Gasteiger partial charge in [0.05, 0.1) is 0 Å². The first-order valence-electron chi connectivity index (χ1n) is 5.97. The Balaban J connectivity index is 1.71. The van der Waals surface area contributed by atoms with E-state index in [0.29, 0.717) is 6.42 Å². The van der Waals surface area contributed by atoms with E-state index < -0.39 is 5.97 Å². The van der Waals surface area contributed by atoms with E-state index >= 15 is 0 Å². The maximum Gasteiger partial charge on any atom is 0.354 e. The molecule has 1 N–H and O–H groups in total. The van der Waals surface area contributed by atoms with Crippen LogP contribution in [-0.2, 0) is 20.7 Å². The number of ether oxygens (including phenoxy) is 1. The second-order valence-electron chi connectivity index (χ2n) is 4.10. The molecule has 1 heterocycles. The Hall–Kier alpha value is -2.10. The number of rotatable bonds is 5. The standard InChI is InChI=1S/C14H15NO3/c16-13(15-12-9-10-18-14(12)17)8-4-7-11-5-2-1-3-6-11/h1-3,5-6,9H,4,7-8,10H2,(H,15,16). The molecule has 0 bridgehead atoms. The molecule has 0 saturated heterocycles. The summed E-state index contributed by atoms with van der Waals surface area (Å²) in [7, 11) is 0. The van der Waals surface area contributed by atoms with Gasteiger partial charge in [0.15, 0.2) is 0 Å². The Morgan fingerprint density at radius 2 is 2.06 bits per heavy atom. The van der Waals surface area contributed by atoms with Crippen LogP contribution in [0.15, 0.2) is 42.1 Å². The van der Waals surface area contributed by atoms with Crippen molar-refractivity contribution in [1.29, 1.82) is 0 Å². The molecule has 0 aliphatic carbocycles. The number of amides is 1. The van der Waals surface area contributed by atoms with Gasteiger partial charge < -0.3 is 10.1 Å². The van der Waals surface area contributed by atoms with Crippen molar-refractivity contribution in [3.05, 3.63) is 47.7 Å². The van der Waals surface area contributed by atoms with Crippen molar-refractivity contribution >= 4 is 11.9 Å². The number of nitrogens with one attached hydrogen (secondary N) is 1. The lowest BCUT2D eigenvalue weighted by atomic mass is 10.1. The Labute approximate surface area is 106 Å². The summed E-state index contributed by atoms with van der Waals surface area (Å²) < 4.78 is 4.69. The number of hydrogen-bond donors (Lipinski definition) is 1. The van der Waals surface area contributed by atoms with E-state index in [9.17, 15) is 9.59 Å². The fourth-order valence-electron chi connectivity index (χ4n) is 1.77. The minimum Gasteiger partial charge on any atom is -0.457 e. The number of benzene rings is 1. The first-order chi connectivity index (χ1) is 8.75. The number of aryl methyl sites for hydroxylation is 1. The summed E-state index contributed by atoms with van der Waals surface area (Å²) in [4.78, 5) is 22.7. The largest absolute Gasteiger partial charge is 0.457 e. The van der Waals surface area contributed by atoms with Crippen LogP contribution in [0.3, 0.4) is 0 Å². The molecule has 1 aliphatic heterocycles. The minimum atomic E-state index is -0.452. The van der Waals surface area contributed by atoms with E-state index in [1.165, 1.54) is 5.56 Å². The van der Waals surface area contributed by atoms with E-state index in [-0.39, 0.29) is 18.2 Å². The first kappa shape index (κ1) is 12.4. The molecule has 4 nitrogen and oxygen atoms in total. The Kier molecular flexibility index (Phi) is 4.12. The van der Waals surface area contributed by atoms with E-state index in [1.807, 2.05) is 30.3 Å². The fraction of sp³-hybridized carbons (Fsp3) is 0.286. The van der Waals surface area contributed by atoms with Gasteiger partial charge in [0, 0.05) is 6.42 Å². The van der Waals surface area contributed by atoms with Gasteiger partial charge in [0.25, 0.3) is 0 Å². The molecule has 0 saturated carbocycles. The topological polar surface area (TPSA) is 55.4 Å².